The fourth-order valence-electron chi connectivity index (χ4n) is 1.43. The van der Waals surface area contributed by atoms with Gasteiger partial charge in [0.1, 0.15) is 10.7 Å². The van der Waals surface area contributed by atoms with Gasteiger partial charge in [0.05, 0.1) is 17.8 Å². The first-order valence-corrected chi connectivity index (χ1v) is 7.96. The molecule has 0 amide bonds. The summed E-state index contributed by atoms with van der Waals surface area (Å²) in [4.78, 5) is 8.35. The van der Waals surface area contributed by atoms with Crippen LogP contribution in [-0.2, 0) is 0 Å². The SMILES string of the molecule is C=S(C)c1ncc(SF)c(Nc2cc(N)ccc2F)n1. The Balaban J connectivity index is 2.43. The van der Waals surface area contributed by atoms with E-state index in [-0.39, 0.29) is 28.5 Å². The molecule has 1 atom stereocenters. The van der Waals surface area contributed by atoms with Gasteiger partial charge in [0, 0.05) is 11.9 Å². The lowest BCUT2D eigenvalue weighted by Crippen LogP contribution is -2.01. The molecule has 0 spiro atoms. The van der Waals surface area contributed by atoms with Crippen molar-refractivity contribution in [3.63, 3.8) is 0 Å². The Kier molecular flexibility index (Phi) is 4.56. The molecule has 0 radical (unpaired) electrons. The molecule has 2 aromatic rings. The first-order chi connectivity index (χ1) is 9.51. The average molecular weight is 314 g/mol. The summed E-state index contributed by atoms with van der Waals surface area (Å²) in [7, 11) is -0.430. The van der Waals surface area contributed by atoms with E-state index < -0.39 is 16.3 Å². The van der Waals surface area contributed by atoms with Gasteiger partial charge in [-0.25, -0.2) is 14.4 Å². The van der Waals surface area contributed by atoms with Crippen molar-refractivity contribution in [1.82, 2.24) is 9.97 Å². The second-order valence-corrected chi connectivity index (χ2v) is 6.18. The maximum Gasteiger partial charge on any atom is 0.183 e. The summed E-state index contributed by atoms with van der Waals surface area (Å²) < 4.78 is 26.5. The third kappa shape index (κ3) is 3.26. The van der Waals surface area contributed by atoms with Gasteiger partial charge in [0.25, 0.3) is 0 Å². The van der Waals surface area contributed by atoms with E-state index >= 15 is 0 Å². The summed E-state index contributed by atoms with van der Waals surface area (Å²) in [5.74, 6) is 3.51. The van der Waals surface area contributed by atoms with Gasteiger partial charge in [0.15, 0.2) is 11.0 Å². The van der Waals surface area contributed by atoms with Gasteiger partial charge in [-0.3, -0.25) is 0 Å². The lowest BCUT2D eigenvalue weighted by Gasteiger charge is -2.11. The Labute approximate surface area is 122 Å². The Morgan fingerprint density at radius 3 is 2.85 bits per heavy atom. The largest absolute Gasteiger partial charge is 0.399 e. The van der Waals surface area contributed by atoms with Crippen LogP contribution in [0.2, 0.25) is 0 Å². The van der Waals surface area contributed by atoms with Gasteiger partial charge in [-0.05, 0) is 24.5 Å². The number of anilines is 3. The van der Waals surface area contributed by atoms with Crippen molar-refractivity contribution in [2.24, 2.45) is 0 Å². The predicted molar refractivity (Wildman–Crippen MR) is 82.0 cm³/mol. The number of benzene rings is 1. The number of nitrogens with one attached hydrogen (secondary N) is 1. The maximum absolute atomic E-state index is 13.7. The maximum atomic E-state index is 13.7. The summed E-state index contributed by atoms with van der Waals surface area (Å²) in [6, 6.07) is 4.09. The molecule has 2 rings (SSSR count). The number of rotatable bonds is 4. The monoisotopic (exact) mass is 314 g/mol. The molecule has 8 heteroatoms. The van der Waals surface area contributed by atoms with E-state index in [1.54, 1.807) is 0 Å². The number of nitrogens with two attached hydrogens (primary N) is 1. The molecular weight excluding hydrogens is 302 g/mol. The van der Waals surface area contributed by atoms with Gasteiger partial charge in [0.2, 0.25) is 0 Å². The molecule has 1 aromatic carbocycles. The molecule has 3 N–H and O–H groups in total. The van der Waals surface area contributed by atoms with Crippen LogP contribution in [0, 0.1) is 5.82 Å². The molecule has 0 saturated heterocycles. The topological polar surface area (TPSA) is 63.8 Å². The molecule has 0 saturated carbocycles. The fourth-order valence-corrected chi connectivity index (χ4v) is 2.18. The molecule has 106 valence electrons. The molecule has 1 heterocycles. The number of halogens is 2. The van der Waals surface area contributed by atoms with Crippen LogP contribution in [-0.4, -0.2) is 22.1 Å². The highest BCUT2D eigenvalue weighted by atomic mass is 32.2. The van der Waals surface area contributed by atoms with Gasteiger partial charge in [-0.1, -0.05) is 5.87 Å². The first-order valence-electron chi connectivity index (χ1n) is 5.44. The predicted octanol–water partition coefficient (Wildman–Crippen LogP) is 3.61. The van der Waals surface area contributed by atoms with Crippen molar-refractivity contribution in [2.75, 3.05) is 17.3 Å². The summed E-state index contributed by atoms with van der Waals surface area (Å²) in [5.41, 5.74) is 6.13. The van der Waals surface area contributed by atoms with Gasteiger partial charge < -0.3 is 11.1 Å². The molecule has 20 heavy (non-hydrogen) atoms. The van der Waals surface area contributed by atoms with Crippen LogP contribution >= 0.6 is 22.6 Å². The lowest BCUT2D eigenvalue weighted by molar-refractivity contribution is 0.632. The highest BCUT2D eigenvalue weighted by Gasteiger charge is 2.11. The van der Waals surface area contributed by atoms with Gasteiger partial charge >= 0.3 is 0 Å². The Morgan fingerprint density at radius 1 is 1.45 bits per heavy atom. The molecule has 0 aliphatic rings. The van der Waals surface area contributed by atoms with Crippen LogP contribution in [0.4, 0.5) is 25.5 Å². The van der Waals surface area contributed by atoms with Gasteiger partial charge in [-0.2, -0.15) is 3.89 Å². The summed E-state index contributed by atoms with van der Waals surface area (Å²) in [6.45, 7) is 0. The number of hydrogen-bond donors (Lipinski definition) is 2. The number of hydrogen-bond acceptors (Lipinski definition) is 5. The Morgan fingerprint density at radius 2 is 2.20 bits per heavy atom. The zero-order chi connectivity index (χ0) is 14.7. The van der Waals surface area contributed by atoms with Crippen LogP contribution < -0.4 is 11.1 Å². The second-order valence-electron chi connectivity index (χ2n) is 3.94. The van der Waals surface area contributed by atoms with E-state index in [9.17, 15) is 8.28 Å². The van der Waals surface area contributed by atoms with E-state index in [2.05, 4.69) is 21.2 Å². The number of nitrogens with zero attached hydrogens (tertiary/aromatic N) is 2. The lowest BCUT2D eigenvalue weighted by atomic mass is 10.2. The molecule has 0 bridgehead atoms. The van der Waals surface area contributed by atoms with Crippen molar-refractivity contribution in [3.05, 3.63) is 30.2 Å². The minimum atomic E-state index is -0.501. The highest BCUT2D eigenvalue weighted by molar-refractivity contribution is 8.13. The minimum Gasteiger partial charge on any atom is -0.399 e. The normalized spacial score (nSPS) is 12.2. The second kappa shape index (κ2) is 6.19. The molecule has 4 nitrogen and oxygen atoms in total. The van der Waals surface area contributed by atoms with Crippen LogP contribution in [0.3, 0.4) is 0 Å². The first kappa shape index (κ1) is 14.7. The van der Waals surface area contributed by atoms with Crippen LogP contribution in [0.15, 0.2) is 34.4 Å². The quantitative estimate of drug-likeness (QED) is 0.513. The van der Waals surface area contributed by atoms with Crippen molar-refractivity contribution < 1.29 is 8.28 Å². The van der Waals surface area contributed by atoms with E-state index in [4.69, 9.17) is 5.73 Å². The highest BCUT2D eigenvalue weighted by Crippen LogP contribution is 2.31. The van der Waals surface area contributed by atoms with Crippen LogP contribution in [0.1, 0.15) is 0 Å². The van der Waals surface area contributed by atoms with Crippen molar-refractivity contribution in [3.8, 4) is 0 Å². The summed E-state index contributed by atoms with van der Waals surface area (Å²) in [6.07, 6.45) is 3.18. The number of aromatic nitrogens is 2. The summed E-state index contributed by atoms with van der Waals surface area (Å²) in [5, 5.41) is 3.20. The van der Waals surface area contributed by atoms with E-state index in [0.717, 1.165) is 0 Å². The Hall–Kier alpha value is -1.67. The van der Waals surface area contributed by atoms with Crippen LogP contribution in [0.25, 0.3) is 0 Å². The van der Waals surface area contributed by atoms with Crippen LogP contribution in [0.5, 0.6) is 0 Å². The zero-order valence-corrected chi connectivity index (χ0v) is 12.2. The third-order valence-corrected chi connectivity index (χ3v) is 3.66. The molecule has 0 aliphatic carbocycles. The van der Waals surface area contributed by atoms with E-state index in [1.807, 2.05) is 6.26 Å². The van der Waals surface area contributed by atoms with Gasteiger partial charge in [-0.15, -0.1) is 10.5 Å². The minimum absolute atomic E-state index is 0.0134. The van der Waals surface area contributed by atoms with E-state index in [0.29, 0.717) is 10.8 Å². The third-order valence-electron chi connectivity index (χ3n) is 2.37. The van der Waals surface area contributed by atoms with Crippen molar-refractivity contribution in [1.29, 1.82) is 0 Å². The number of nitrogen functional groups attached to an aromatic ring is 1. The zero-order valence-electron chi connectivity index (χ0n) is 10.6. The van der Waals surface area contributed by atoms with Crippen molar-refractivity contribution in [2.45, 2.75) is 10.1 Å². The molecule has 1 unspecified atom stereocenters. The molecule has 0 aliphatic heterocycles. The molecule has 0 fully saturated rings. The smallest absolute Gasteiger partial charge is 0.183 e. The van der Waals surface area contributed by atoms with Crippen molar-refractivity contribution >= 4 is 45.7 Å². The fraction of sp³-hybridized carbons (Fsp3) is 0.0833. The summed E-state index contributed by atoms with van der Waals surface area (Å²) >= 11 is -0.0134. The molecular formula is C12H12F2N4S2. The molecule has 1 aromatic heterocycles. The Bertz CT molecular complexity index is 664. The standard InChI is InChI=1S/C12H12F2N4S2/c1-20(2)12-16-6-10(19-14)11(18-12)17-9-5-7(15)3-4-8(9)13/h3-6H,1,15H2,2H3,(H,16,17,18). The van der Waals surface area contributed by atoms with E-state index in [1.165, 1.54) is 24.4 Å². The average Bonchev–Trinajstić information content (AvgIpc) is 2.42.